The van der Waals surface area contributed by atoms with Gasteiger partial charge in [0.1, 0.15) is 0 Å². The molecule has 1 amide bonds. The molecule has 0 unspecified atom stereocenters. The summed E-state index contributed by atoms with van der Waals surface area (Å²) in [6.45, 7) is 5.29. The highest BCUT2D eigenvalue weighted by Crippen LogP contribution is 2.30. The van der Waals surface area contributed by atoms with Gasteiger partial charge in [-0.05, 0) is 67.7 Å². The molecule has 144 valence electrons. The summed E-state index contributed by atoms with van der Waals surface area (Å²) < 4.78 is 38.3. The lowest BCUT2D eigenvalue weighted by Crippen LogP contribution is -2.32. The topological polar surface area (TPSA) is 32.3 Å². The van der Waals surface area contributed by atoms with E-state index in [0.29, 0.717) is 5.56 Å². The van der Waals surface area contributed by atoms with Crippen molar-refractivity contribution in [2.45, 2.75) is 32.5 Å². The lowest BCUT2D eigenvalue weighted by Gasteiger charge is -2.30. The molecular formula is C21H23F3N2O. The Morgan fingerprint density at radius 1 is 1.11 bits per heavy atom. The van der Waals surface area contributed by atoms with Crippen LogP contribution in [0, 0.1) is 5.92 Å². The van der Waals surface area contributed by atoms with Gasteiger partial charge in [-0.15, -0.1) is 0 Å². The first-order valence-corrected chi connectivity index (χ1v) is 9.11. The number of carbonyl (C=O) groups is 1. The van der Waals surface area contributed by atoms with Gasteiger partial charge in [-0.25, -0.2) is 0 Å². The average molecular weight is 376 g/mol. The van der Waals surface area contributed by atoms with Gasteiger partial charge in [0.25, 0.3) is 5.91 Å². The van der Waals surface area contributed by atoms with Gasteiger partial charge in [-0.1, -0.05) is 25.1 Å². The number of carbonyl (C=O) groups excluding carboxylic acids is 1. The number of benzene rings is 2. The molecule has 1 aliphatic heterocycles. The Morgan fingerprint density at radius 3 is 2.41 bits per heavy atom. The molecule has 1 saturated heterocycles. The van der Waals surface area contributed by atoms with E-state index in [1.54, 1.807) is 12.1 Å². The third kappa shape index (κ3) is 5.32. The van der Waals surface area contributed by atoms with Crippen molar-refractivity contribution in [3.63, 3.8) is 0 Å². The summed E-state index contributed by atoms with van der Waals surface area (Å²) in [7, 11) is 0. The molecule has 0 spiro atoms. The summed E-state index contributed by atoms with van der Waals surface area (Å²) in [5.41, 5.74) is 0.886. The Balaban J connectivity index is 1.61. The average Bonchev–Trinajstić information content (AvgIpc) is 2.64. The van der Waals surface area contributed by atoms with Crippen LogP contribution >= 0.6 is 0 Å². The summed E-state index contributed by atoms with van der Waals surface area (Å²) in [6.07, 6.45) is -2.02. The van der Waals surface area contributed by atoms with Crippen LogP contribution in [-0.2, 0) is 12.7 Å². The van der Waals surface area contributed by atoms with Crippen LogP contribution in [0.1, 0.15) is 41.3 Å². The molecule has 3 nitrogen and oxygen atoms in total. The van der Waals surface area contributed by atoms with Crippen molar-refractivity contribution >= 4 is 11.6 Å². The van der Waals surface area contributed by atoms with Crippen molar-refractivity contribution in [2.75, 3.05) is 18.4 Å². The van der Waals surface area contributed by atoms with Crippen molar-refractivity contribution in [2.24, 2.45) is 5.92 Å². The molecule has 1 heterocycles. The minimum atomic E-state index is -4.44. The molecule has 27 heavy (non-hydrogen) atoms. The fraction of sp³-hybridized carbons (Fsp3) is 0.381. The van der Waals surface area contributed by atoms with Crippen LogP contribution in [0.4, 0.5) is 18.9 Å². The largest absolute Gasteiger partial charge is 0.416 e. The first-order chi connectivity index (χ1) is 12.8. The summed E-state index contributed by atoms with van der Waals surface area (Å²) in [4.78, 5) is 14.7. The number of hydrogen-bond donors (Lipinski definition) is 1. The van der Waals surface area contributed by atoms with Crippen LogP contribution in [0.5, 0.6) is 0 Å². The predicted octanol–water partition coefficient (Wildman–Crippen LogP) is 5.19. The Morgan fingerprint density at radius 2 is 1.78 bits per heavy atom. The fourth-order valence-electron chi connectivity index (χ4n) is 3.22. The summed E-state index contributed by atoms with van der Waals surface area (Å²) in [6, 6.07) is 11.9. The molecule has 0 saturated carbocycles. The van der Waals surface area contributed by atoms with Crippen LogP contribution in [0.15, 0.2) is 48.5 Å². The molecule has 0 atom stereocenters. The molecule has 0 aromatic heterocycles. The van der Waals surface area contributed by atoms with E-state index in [1.165, 1.54) is 25.0 Å². The van der Waals surface area contributed by atoms with Crippen LogP contribution in [-0.4, -0.2) is 23.9 Å². The molecule has 1 fully saturated rings. The quantitative estimate of drug-likeness (QED) is 0.796. The Hall–Kier alpha value is -2.34. The maximum absolute atomic E-state index is 12.8. The lowest BCUT2D eigenvalue weighted by atomic mass is 9.99. The number of alkyl halides is 3. The summed E-state index contributed by atoms with van der Waals surface area (Å²) >= 11 is 0. The molecule has 2 aromatic rings. The number of amides is 1. The number of nitrogens with zero attached hydrogens (tertiary/aromatic N) is 1. The van der Waals surface area contributed by atoms with Crippen molar-refractivity contribution in [3.8, 4) is 0 Å². The third-order valence-corrected chi connectivity index (χ3v) is 4.95. The standard InChI is InChI=1S/C21H23F3N2O/c1-15-9-11-26(12-10-15)14-16-5-7-17(8-6-16)20(27)25-19-4-2-3-18(13-19)21(22,23)24/h2-8,13,15H,9-12,14H2,1H3,(H,25,27). The minimum Gasteiger partial charge on any atom is -0.322 e. The van der Waals surface area contributed by atoms with Gasteiger partial charge in [0.05, 0.1) is 5.56 Å². The van der Waals surface area contributed by atoms with Gasteiger partial charge < -0.3 is 5.32 Å². The van der Waals surface area contributed by atoms with E-state index in [0.717, 1.165) is 43.2 Å². The SMILES string of the molecule is CC1CCN(Cc2ccc(C(=O)Nc3cccc(C(F)(F)F)c3)cc2)CC1. The molecular weight excluding hydrogens is 353 g/mol. The molecule has 3 rings (SSSR count). The smallest absolute Gasteiger partial charge is 0.322 e. The number of likely N-dealkylation sites (tertiary alicyclic amines) is 1. The molecule has 0 aliphatic carbocycles. The molecule has 6 heteroatoms. The summed E-state index contributed by atoms with van der Waals surface area (Å²) in [5, 5.41) is 2.53. The van der Waals surface area contributed by atoms with E-state index < -0.39 is 17.6 Å². The number of nitrogens with one attached hydrogen (secondary N) is 1. The number of hydrogen-bond acceptors (Lipinski definition) is 2. The maximum Gasteiger partial charge on any atom is 0.416 e. The monoisotopic (exact) mass is 376 g/mol. The summed E-state index contributed by atoms with van der Waals surface area (Å²) in [5.74, 6) is 0.357. The number of halogens is 3. The fourth-order valence-corrected chi connectivity index (χ4v) is 3.22. The highest BCUT2D eigenvalue weighted by Gasteiger charge is 2.30. The minimum absolute atomic E-state index is 0.126. The first kappa shape index (κ1) is 19.4. The highest BCUT2D eigenvalue weighted by atomic mass is 19.4. The molecule has 0 bridgehead atoms. The number of rotatable bonds is 4. The third-order valence-electron chi connectivity index (χ3n) is 4.95. The second-order valence-electron chi connectivity index (χ2n) is 7.19. The van der Waals surface area contributed by atoms with Crippen molar-refractivity contribution in [1.82, 2.24) is 4.90 Å². The second-order valence-corrected chi connectivity index (χ2v) is 7.19. The van der Waals surface area contributed by atoms with E-state index in [4.69, 9.17) is 0 Å². The van der Waals surface area contributed by atoms with Gasteiger partial charge in [-0.3, -0.25) is 9.69 Å². The van der Waals surface area contributed by atoms with Crippen LogP contribution < -0.4 is 5.32 Å². The first-order valence-electron chi connectivity index (χ1n) is 9.11. The molecule has 1 aliphatic rings. The Kier molecular flexibility index (Phi) is 5.85. The van der Waals surface area contributed by atoms with Crippen LogP contribution in [0.2, 0.25) is 0 Å². The maximum atomic E-state index is 12.8. The van der Waals surface area contributed by atoms with Crippen molar-refractivity contribution < 1.29 is 18.0 Å². The van der Waals surface area contributed by atoms with Gasteiger partial charge in [0.2, 0.25) is 0 Å². The van der Waals surface area contributed by atoms with Crippen LogP contribution in [0.25, 0.3) is 0 Å². The van der Waals surface area contributed by atoms with Gasteiger partial charge in [0, 0.05) is 17.8 Å². The van der Waals surface area contributed by atoms with Crippen LogP contribution in [0.3, 0.4) is 0 Å². The zero-order chi connectivity index (χ0) is 19.4. The van der Waals surface area contributed by atoms with Crippen molar-refractivity contribution in [1.29, 1.82) is 0 Å². The number of piperidine rings is 1. The van der Waals surface area contributed by atoms with Gasteiger partial charge >= 0.3 is 6.18 Å². The van der Waals surface area contributed by atoms with Gasteiger partial charge in [0.15, 0.2) is 0 Å². The Labute approximate surface area is 157 Å². The van der Waals surface area contributed by atoms with Gasteiger partial charge in [-0.2, -0.15) is 13.2 Å². The number of anilines is 1. The normalized spacial score (nSPS) is 16.3. The molecule has 2 aromatic carbocycles. The van der Waals surface area contributed by atoms with E-state index in [2.05, 4.69) is 17.1 Å². The highest BCUT2D eigenvalue weighted by molar-refractivity contribution is 6.04. The van der Waals surface area contributed by atoms with E-state index in [9.17, 15) is 18.0 Å². The molecule has 1 N–H and O–H groups in total. The van der Waals surface area contributed by atoms with E-state index in [1.807, 2.05) is 12.1 Å². The second kappa shape index (κ2) is 8.13. The zero-order valence-corrected chi connectivity index (χ0v) is 15.2. The zero-order valence-electron chi connectivity index (χ0n) is 15.2. The van der Waals surface area contributed by atoms with E-state index in [-0.39, 0.29) is 5.69 Å². The molecule has 0 radical (unpaired) electrons. The Bertz CT molecular complexity index is 779. The lowest BCUT2D eigenvalue weighted by molar-refractivity contribution is -0.137. The van der Waals surface area contributed by atoms with E-state index >= 15 is 0 Å². The van der Waals surface area contributed by atoms with Crippen molar-refractivity contribution in [3.05, 3.63) is 65.2 Å². The predicted molar refractivity (Wildman–Crippen MR) is 99.5 cm³/mol.